The van der Waals surface area contributed by atoms with Crippen molar-refractivity contribution in [2.45, 2.75) is 32.2 Å². The minimum absolute atomic E-state index is 0.145. The summed E-state index contributed by atoms with van der Waals surface area (Å²) in [6, 6.07) is 15.2. The number of H-pyrrole nitrogens is 1. The molecule has 0 unspecified atom stereocenters. The second-order valence-electron chi connectivity index (χ2n) is 9.63. The van der Waals surface area contributed by atoms with Crippen molar-refractivity contribution in [2.24, 2.45) is 0 Å². The molecule has 0 radical (unpaired) electrons. The quantitative estimate of drug-likeness (QED) is 0.298. The molecule has 0 fully saturated rings. The van der Waals surface area contributed by atoms with Crippen LogP contribution in [-0.4, -0.2) is 38.8 Å². The van der Waals surface area contributed by atoms with Gasteiger partial charge in [0.1, 0.15) is 0 Å². The van der Waals surface area contributed by atoms with Crippen molar-refractivity contribution in [1.29, 1.82) is 0 Å². The molecule has 202 valence electrons. The fourth-order valence-electron chi connectivity index (χ4n) is 5.52. The Kier molecular flexibility index (Phi) is 7.45. The number of amides is 1. The molecular formula is C31H33N3O5. The third-order valence-electron chi connectivity index (χ3n) is 7.30. The van der Waals surface area contributed by atoms with Crippen molar-refractivity contribution in [3.8, 4) is 28.4 Å². The Morgan fingerprint density at radius 1 is 1.03 bits per heavy atom. The predicted octanol–water partition coefficient (Wildman–Crippen LogP) is 5.00. The molecule has 8 nitrogen and oxygen atoms in total. The van der Waals surface area contributed by atoms with Gasteiger partial charge in [0, 0.05) is 36.1 Å². The Hall–Kier alpha value is -4.46. The van der Waals surface area contributed by atoms with Gasteiger partial charge in [-0.3, -0.25) is 9.59 Å². The van der Waals surface area contributed by atoms with E-state index in [0.717, 1.165) is 34.2 Å². The van der Waals surface area contributed by atoms with Gasteiger partial charge in [-0.05, 0) is 65.8 Å². The number of rotatable bonds is 8. The number of aromatic amines is 1. The zero-order valence-electron chi connectivity index (χ0n) is 22.6. The number of anilines is 1. The Labute approximate surface area is 227 Å². The third-order valence-corrected chi connectivity index (χ3v) is 7.30. The first-order valence-electron chi connectivity index (χ1n) is 13.0. The van der Waals surface area contributed by atoms with E-state index in [-0.39, 0.29) is 17.4 Å². The number of hydrogen-bond acceptors (Lipinski definition) is 6. The maximum atomic E-state index is 13.5. The van der Waals surface area contributed by atoms with Crippen molar-refractivity contribution in [3.05, 3.63) is 81.6 Å². The van der Waals surface area contributed by atoms with Gasteiger partial charge in [-0.15, -0.1) is 0 Å². The molecule has 0 spiro atoms. The van der Waals surface area contributed by atoms with Gasteiger partial charge in [-0.2, -0.15) is 0 Å². The van der Waals surface area contributed by atoms with Crippen LogP contribution < -0.4 is 30.3 Å². The van der Waals surface area contributed by atoms with Gasteiger partial charge in [-0.1, -0.05) is 24.3 Å². The summed E-state index contributed by atoms with van der Waals surface area (Å²) in [6.45, 7) is 2.08. The molecule has 0 bridgehead atoms. The lowest BCUT2D eigenvalue weighted by Gasteiger charge is -2.19. The molecule has 1 aliphatic carbocycles. The summed E-state index contributed by atoms with van der Waals surface area (Å²) in [5.41, 5.74) is 6.00. The summed E-state index contributed by atoms with van der Waals surface area (Å²) in [4.78, 5) is 28.9. The first-order valence-corrected chi connectivity index (χ1v) is 13.0. The smallest absolute Gasteiger partial charge is 0.217 e. The molecule has 39 heavy (non-hydrogen) atoms. The summed E-state index contributed by atoms with van der Waals surface area (Å²) < 4.78 is 17.1. The number of methoxy groups -OCH3 is 3. The number of carbonyl (C=O) groups is 1. The number of nitrogens with one attached hydrogen (secondary N) is 3. The number of aryl methyl sites for hydroxylation is 1. The Morgan fingerprint density at radius 2 is 1.82 bits per heavy atom. The van der Waals surface area contributed by atoms with Gasteiger partial charge < -0.3 is 29.8 Å². The molecule has 4 aromatic rings. The molecule has 5 rings (SSSR count). The highest BCUT2D eigenvalue weighted by Gasteiger charge is 2.29. The minimum atomic E-state index is -0.342. The standard InChI is InChI=1S/C31H33N3O5/c1-18(35)34-25-11-9-19-15-28(37-2)30(38-3)31(39-4)29(19)22-10-12-26(27(36)16-23(22)25)32-14-13-20-17-33-24-8-6-5-7-21(20)24/h5-8,10,12,15-17,25,33H,9,11,13-14H2,1-4H3,(H,32,36)(H,34,35)/t25-/m1/s1. The second-order valence-corrected chi connectivity index (χ2v) is 9.63. The van der Waals surface area contributed by atoms with Gasteiger partial charge in [0.05, 0.1) is 33.1 Å². The highest BCUT2D eigenvalue weighted by molar-refractivity contribution is 5.84. The van der Waals surface area contributed by atoms with Crippen molar-refractivity contribution in [1.82, 2.24) is 10.3 Å². The molecule has 0 aliphatic heterocycles. The molecular weight excluding hydrogens is 494 g/mol. The van der Waals surface area contributed by atoms with Crippen LogP contribution in [0.2, 0.25) is 0 Å². The van der Waals surface area contributed by atoms with Gasteiger partial charge in [-0.25, -0.2) is 0 Å². The lowest BCUT2D eigenvalue weighted by Crippen LogP contribution is -2.26. The van der Waals surface area contributed by atoms with Crippen LogP contribution in [0.3, 0.4) is 0 Å². The Morgan fingerprint density at radius 3 is 2.56 bits per heavy atom. The molecule has 1 aliphatic rings. The fraction of sp³-hybridized carbons (Fsp3) is 0.290. The van der Waals surface area contributed by atoms with Crippen LogP contribution in [0.1, 0.15) is 36.1 Å². The normalized spacial score (nSPS) is 14.1. The SMILES string of the molecule is COc1cc2c(c(OC)c1OC)-c1ccc(NCCc3c[nH]c4ccccc34)c(=O)cc1[C@H](NC(C)=O)CC2. The van der Waals surface area contributed by atoms with E-state index in [4.69, 9.17) is 14.2 Å². The van der Waals surface area contributed by atoms with Crippen LogP contribution in [0.5, 0.6) is 17.2 Å². The molecule has 1 atom stereocenters. The lowest BCUT2D eigenvalue weighted by molar-refractivity contribution is -0.119. The van der Waals surface area contributed by atoms with Crippen LogP contribution in [0.25, 0.3) is 22.0 Å². The zero-order valence-corrected chi connectivity index (χ0v) is 22.6. The van der Waals surface area contributed by atoms with Crippen LogP contribution in [0, 0.1) is 0 Å². The molecule has 0 saturated carbocycles. The average molecular weight is 528 g/mol. The molecule has 1 amide bonds. The van der Waals surface area contributed by atoms with Crippen molar-refractivity contribution in [3.63, 3.8) is 0 Å². The van der Waals surface area contributed by atoms with E-state index in [9.17, 15) is 9.59 Å². The largest absolute Gasteiger partial charge is 0.493 e. The van der Waals surface area contributed by atoms with Crippen LogP contribution in [-0.2, 0) is 17.6 Å². The molecule has 1 aromatic heterocycles. The highest BCUT2D eigenvalue weighted by Crippen LogP contribution is 2.50. The highest BCUT2D eigenvalue weighted by atomic mass is 16.5. The number of benzene rings is 2. The van der Waals surface area contributed by atoms with Gasteiger partial charge >= 0.3 is 0 Å². The number of hydrogen-bond donors (Lipinski definition) is 3. The summed E-state index contributed by atoms with van der Waals surface area (Å²) in [7, 11) is 4.75. The van der Waals surface area contributed by atoms with Gasteiger partial charge in [0.2, 0.25) is 17.1 Å². The maximum Gasteiger partial charge on any atom is 0.217 e. The first kappa shape index (κ1) is 26.2. The summed E-state index contributed by atoms with van der Waals surface area (Å²) in [6.07, 6.45) is 4.04. The molecule has 3 aromatic carbocycles. The van der Waals surface area contributed by atoms with Crippen LogP contribution >= 0.6 is 0 Å². The van der Waals surface area contributed by atoms with E-state index in [2.05, 4.69) is 27.8 Å². The predicted molar refractivity (Wildman–Crippen MR) is 153 cm³/mol. The molecule has 1 heterocycles. The minimum Gasteiger partial charge on any atom is -0.493 e. The van der Waals surface area contributed by atoms with Crippen LogP contribution in [0.15, 0.2) is 59.5 Å². The topological polar surface area (TPSA) is 102 Å². The summed E-state index contributed by atoms with van der Waals surface area (Å²) >= 11 is 0. The van der Waals surface area contributed by atoms with E-state index in [1.54, 1.807) is 27.4 Å². The third kappa shape index (κ3) is 5.02. The molecule has 8 heteroatoms. The van der Waals surface area contributed by atoms with E-state index >= 15 is 0 Å². The number of fused-ring (bicyclic) bond motifs is 4. The first-order chi connectivity index (χ1) is 18.9. The van der Waals surface area contributed by atoms with E-state index < -0.39 is 0 Å². The molecule has 3 N–H and O–H groups in total. The summed E-state index contributed by atoms with van der Waals surface area (Å²) in [5, 5.41) is 7.55. The number of ether oxygens (including phenoxy) is 3. The monoisotopic (exact) mass is 527 g/mol. The number of carbonyl (C=O) groups excluding carboxylic acids is 1. The average Bonchev–Trinajstić information content (AvgIpc) is 3.20. The van der Waals surface area contributed by atoms with Gasteiger partial charge in [0.25, 0.3) is 0 Å². The zero-order chi connectivity index (χ0) is 27.5. The Balaban J connectivity index is 1.57. The lowest BCUT2D eigenvalue weighted by atomic mass is 9.95. The van der Waals surface area contributed by atoms with Crippen molar-refractivity contribution < 1.29 is 19.0 Å². The van der Waals surface area contributed by atoms with E-state index in [1.165, 1.54) is 17.9 Å². The van der Waals surface area contributed by atoms with E-state index in [1.807, 2.05) is 36.5 Å². The van der Waals surface area contributed by atoms with E-state index in [0.29, 0.717) is 42.3 Å². The van der Waals surface area contributed by atoms with Crippen molar-refractivity contribution >= 4 is 22.5 Å². The Bertz CT molecular complexity index is 1590. The van der Waals surface area contributed by atoms with Crippen LogP contribution in [0.4, 0.5) is 5.69 Å². The van der Waals surface area contributed by atoms with Crippen molar-refractivity contribution in [2.75, 3.05) is 33.2 Å². The van der Waals surface area contributed by atoms with Gasteiger partial charge in [0.15, 0.2) is 11.5 Å². The maximum absolute atomic E-state index is 13.5. The fourth-order valence-corrected chi connectivity index (χ4v) is 5.52. The summed E-state index contributed by atoms with van der Waals surface area (Å²) in [5.74, 6) is 1.42. The number of para-hydroxylation sites is 1. The number of aromatic nitrogens is 1. The second kappa shape index (κ2) is 11.1. The molecule has 0 saturated heterocycles.